The van der Waals surface area contributed by atoms with Crippen molar-refractivity contribution in [2.45, 2.75) is 72.6 Å². The van der Waals surface area contributed by atoms with Gasteiger partial charge in [-0.05, 0) is 48.3 Å². The van der Waals surface area contributed by atoms with Crippen molar-refractivity contribution in [1.29, 1.82) is 0 Å². The van der Waals surface area contributed by atoms with E-state index in [2.05, 4.69) is 27.7 Å². The van der Waals surface area contributed by atoms with E-state index in [0.717, 1.165) is 11.8 Å². The first-order valence-corrected chi connectivity index (χ1v) is 6.96. The molecule has 0 heteroatoms. The molecular weight excluding hydrogens is 180 g/mol. The lowest BCUT2D eigenvalue weighted by molar-refractivity contribution is 0.0244. The molecule has 0 nitrogen and oxygen atoms in total. The van der Waals surface area contributed by atoms with Crippen LogP contribution < -0.4 is 0 Å². The number of hydrogen-bond donors (Lipinski definition) is 0. The summed E-state index contributed by atoms with van der Waals surface area (Å²) < 4.78 is 0. The minimum Gasteiger partial charge on any atom is -0.0625 e. The predicted molar refractivity (Wildman–Crippen MR) is 66.9 cm³/mol. The van der Waals surface area contributed by atoms with Crippen molar-refractivity contribution in [2.24, 2.45) is 22.7 Å². The number of hydrogen-bond acceptors (Lipinski definition) is 0. The summed E-state index contributed by atoms with van der Waals surface area (Å²) in [5.74, 6) is 2.01. The topological polar surface area (TPSA) is 0 Å². The van der Waals surface area contributed by atoms with E-state index in [1.54, 1.807) is 0 Å². The van der Waals surface area contributed by atoms with Crippen molar-refractivity contribution in [2.75, 3.05) is 0 Å². The van der Waals surface area contributed by atoms with E-state index in [0.29, 0.717) is 10.8 Å². The molecule has 0 amide bonds. The van der Waals surface area contributed by atoms with Gasteiger partial charge in [0.2, 0.25) is 0 Å². The fourth-order valence-electron chi connectivity index (χ4n) is 4.18. The maximum Gasteiger partial charge on any atom is -0.0246 e. The molecule has 88 valence electrons. The highest BCUT2D eigenvalue weighted by Gasteiger charge is 2.49. The molecular formula is C15H28. The maximum absolute atomic E-state index is 2.58. The molecule has 0 spiro atoms. The Morgan fingerprint density at radius 1 is 0.867 bits per heavy atom. The van der Waals surface area contributed by atoms with Gasteiger partial charge in [0.25, 0.3) is 0 Å². The Balaban J connectivity index is 2.09. The highest BCUT2D eigenvalue weighted by molar-refractivity contribution is 4.99. The summed E-state index contributed by atoms with van der Waals surface area (Å²) in [6, 6.07) is 0. The van der Waals surface area contributed by atoms with Crippen LogP contribution in [0.4, 0.5) is 0 Å². The fraction of sp³-hybridized carbons (Fsp3) is 1.00. The Hall–Kier alpha value is 0. The van der Waals surface area contributed by atoms with Gasteiger partial charge in [0.15, 0.2) is 0 Å². The van der Waals surface area contributed by atoms with Gasteiger partial charge in [-0.25, -0.2) is 0 Å². The van der Waals surface area contributed by atoms with Crippen molar-refractivity contribution in [1.82, 2.24) is 0 Å². The van der Waals surface area contributed by atoms with Crippen LogP contribution in [0.5, 0.6) is 0 Å². The molecule has 0 N–H and O–H groups in total. The third kappa shape index (κ3) is 1.85. The minimum atomic E-state index is 0.595. The van der Waals surface area contributed by atoms with Gasteiger partial charge in [0, 0.05) is 0 Å². The second-order valence-corrected chi connectivity index (χ2v) is 7.11. The van der Waals surface area contributed by atoms with Crippen LogP contribution in [0.25, 0.3) is 0 Å². The molecule has 0 aromatic heterocycles. The van der Waals surface area contributed by atoms with Gasteiger partial charge >= 0.3 is 0 Å². The van der Waals surface area contributed by atoms with Crippen LogP contribution in [0.3, 0.4) is 0 Å². The zero-order valence-corrected chi connectivity index (χ0v) is 11.1. The lowest BCUT2D eigenvalue weighted by atomic mass is 9.58. The third-order valence-electron chi connectivity index (χ3n) is 5.96. The standard InChI is InChI=1S/C15H28/c1-12-6-8-13(9-7-12)15(4)11-5-10-14(15,2)3/h12-13H,5-11H2,1-4H3. The zero-order valence-electron chi connectivity index (χ0n) is 11.1. The highest BCUT2D eigenvalue weighted by Crippen LogP contribution is 2.59. The molecule has 1 unspecified atom stereocenters. The van der Waals surface area contributed by atoms with Crippen molar-refractivity contribution >= 4 is 0 Å². The quantitative estimate of drug-likeness (QED) is 0.567. The van der Waals surface area contributed by atoms with E-state index in [1.807, 2.05) is 0 Å². The maximum atomic E-state index is 2.58. The normalized spacial score (nSPS) is 45.6. The first-order valence-electron chi connectivity index (χ1n) is 6.96. The van der Waals surface area contributed by atoms with Gasteiger partial charge in [0.05, 0.1) is 0 Å². The average Bonchev–Trinajstić information content (AvgIpc) is 2.43. The Morgan fingerprint density at radius 3 is 1.93 bits per heavy atom. The average molecular weight is 208 g/mol. The van der Waals surface area contributed by atoms with E-state index in [9.17, 15) is 0 Å². The SMILES string of the molecule is CC1CCC(C2(C)CCCC2(C)C)CC1. The molecule has 2 aliphatic rings. The largest absolute Gasteiger partial charge is 0.0625 e. The summed E-state index contributed by atoms with van der Waals surface area (Å²) in [5, 5.41) is 0. The van der Waals surface area contributed by atoms with Crippen LogP contribution in [0.1, 0.15) is 72.6 Å². The second kappa shape index (κ2) is 3.79. The van der Waals surface area contributed by atoms with Gasteiger partial charge in [-0.1, -0.05) is 47.0 Å². The molecule has 2 fully saturated rings. The molecule has 0 radical (unpaired) electrons. The van der Waals surface area contributed by atoms with Gasteiger partial charge in [-0.3, -0.25) is 0 Å². The van der Waals surface area contributed by atoms with Gasteiger partial charge in [-0.15, -0.1) is 0 Å². The van der Waals surface area contributed by atoms with E-state index in [-0.39, 0.29) is 0 Å². The molecule has 2 rings (SSSR count). The first kappa shape index (κ1) is 11.5. The Labute approximate surface area is 95.8 Å². The lowest BCUT2D eigenvalue weighted by Crippen LogP contribution is -2.38. The molecule has 0 aromatic rings. The molecule has 2 aliphatic carbocycles. The van der Waals surface area contributed by atoms with Gasteiger partial charge < -0.3 is 0 Å². The van der Waals surface area contributed by atoms with Crippen molar-refractivity contribution in [3.05, 3.63) is 0 Å². The Kier molecular flexibility index (Phi) is 2.90. The van der Waals surface area contributed by atoms with Crippen molar-refractivity contribution in [3.8, 4) is 0 Å². The van der Waals surface area contributed by atoms with E-state index in [1.165, 1.54) is 44.9 Å². The van der Waals surface area contributed by atoms with Crippen LogP contribution in [0.15, 0.2) is 0 Å². The first-order chi connectivity index (χ1) is 6.96. The molecule has 0 bridgehead atoms. The van der Waals surface area contributed by atoms with Gasteiger partial charge in [-0.2, -0.15) is 0 Å². The summed E-state index contributed by atoms with van der Waals surface area (Å²) >= 11 is 0. The van der Waals surface area contributed by atoms with Crippen LogP contribution in [-0.4, -0.2) is 0 Å². The Morgan fingerprint density at radius 2 is 1.47 bits per heavy atom. The molecule has 0 saturated heterocycles. The van der Waals surface area contributed by atoms with Crippen LogP contribution in [-0.2, 0) is 0 Å². The van der Waals surface area contributed by atoms with E-state index >= 15 is 0 Å². The summed E-state index contributed by atoms with van der Waals surface area (Å²) in [7, 11) is 0. The predicted octanol–water partition coefficient (Wildman–Crippen LogP) is 5.03. The molecule has 0 aliphatic heterocycles. The summed E-state index contributed by atoms with van der Waals surface area (Å²) in [4.78, 5) is 0. The van der Waals surface area contributed by atoms with Crippen LogP contribution >= 0.6 is 0 Å². The van der Waals surface area contributed by atoms with Crippen LogP contribution in [0.2, 0.25) is 0 Å². The van der Waals surface area contributed by atoms with Crippen LogP contribution in [0, 0.1) is 22.7 Å². The summed E-state index contributed by atoms with van der Waals surface area (Å²) in [6.07, 6.45) is 10.4. The molecule has 0 aromatic carbocycles. The van der Waals surface area contributed by atoms with Crippen molar-refractivity contribution < 1.29 is 0 Å². The minimum absolute atomic E-state index is 0.595. The summed E-state index contributed by atoms with van der Waals surface area (Å²) in [6.45, 7) is 10.0. The third-order valence-corrected chi connectivity index (χ3v) is 5.96. The van der Waals surface area contributed by atoms with Gasteiger partial charge in [0.1, 0.15) is 0 Å². The zero-order chi connectivity index (χ0) is 11.1. The van der Waals surface area contributed by atoms with E-state index < -0.39 is 0 Å². The molecule has 0 heterocycles. The smallest absolute Gasteiger partial charge is 0.0246 e. The summed E-state index contributed by atoms with van der Waals surface area (Å²) in [5.41, 5.74) is 1.24. The lowest BCUT2D eigenvalue weighted by Gasteiger charge is -2.47. The fourth-order valence-corrected chi connectivity index (χ4v) is 4.18. The van der Waals surface area contributed by atoms with E-state index in [4.69, 9.17) is 0 Å². The molecule has 1 atom stereocenters. The Bertz CT molecular complexity index is 220. The number of rotatable bonds is 1. The molecule has 15 heavy (non-hydrogen) atoms. The second-order valence-electron chi connectivity index (χ2n) is 7.11. The monoisotopic (exact) mass is 208 g/mol. The highest BCUT2D eigenvalue weighted by atomic mass is 14.5. The van der Waals surface area contributed by atoms with Crippen molar-refractivity contribution in [3.63, 3.8) is 0 Å². The molecule has 2 saturated carbocycles.